The molecule has 3 fully saturated rings. The minimum absolute atomic E-state index is 0.00713. The molecule has 9 atom stereocenters. The molecule has 19 nitrogen and oxygen atoms in total. The van der Waals surface area contributed by atoms with Crippen LogP contribution in [0.5, 0.6) is 0 Å². The fraction of sp³-hybridized carbons (Fsp3) is 0.586. The maximum atomic E-state index is 13.3. The summed E-state index contributed by atoms with van der Waals surface area (Å²) in [5.74, 6) is 0.123. The van der Waals surface area contributed by atoms with Gasteiger partial charge in [-0.3, -0.25) is 13.9 Å². The van der Waals surface area contributed by atoms with E-state index in [2.05, 4.69) is 63.8 Å². The number of rotatable bonds is 4. The summed E-state index contributed by atoms with van der Waals surface area (Å²) in [6.45, 7) is 2.29. The maximum Gasteiger partial charge on any atom is 0.324 e. The van der Waals surface area contributed by atoms with Gasteiger partial charge >= 0.3 is 13.4 Å². The Bertz CT molecular complexity index is 2370. The molecule has 2 aliphatic heterocycles. The SMILES string of the molecule is CC(C)(C)[Si](C)(C)O[C@@H]1[C@@H]2OP(O)(=S)OC[C@H]3C[C@@H](n4cnc5c(N)ncnc54)[C@@H]3COP(O)(=S)OC[C@H]2O[C@H]1n1cnc2c(=O)n3ccnc3[nH]c21. The number of anilines is 1. The Balaban J connectivity index is 1.13. The van der Waals surface area contributed by atoms with Crippen LogP contribution in [0, 0.1) is 11.8 Å². The van der Waals surface area contributed by atoms with Crippen LogP contribution in [0.4, 0.5) is 5.82 Å². The second-order valence-corrected chi connectivity index (χ2v) is 25.4. The predicted molar refractivity (Wildman–Crippen MR) is 201 cm³/mol. The van der Waals surface area contributed by atoms with Crippen LogP contribution in [-0.2, 0) is 50.9 Å². The second kappa shape index (κ2) is 13.3. The number of nitrogens with one attached hydrogen (secondary N) is 1. The number of nitrogens with zero attached hydrogens (tertiary/aromatic N) is 8. The van der Waals surface area contributed by atoms with Gasteiger partial charge in [0.15, 0.2) is 31.5 Å². The van der Waals surface area contributed by atoms with Crippen LogP contribution in [-0.4, -0.2) is 99.7 Å². The molecule has 24 heteroatoms. The maximum absolute atomic E-state index is 13.3. The highest BCUT2D eigenvalue weighted by Crippen LogP contribution is 2.56. The molecule has 2 saturated heterocycles. The minimum Gasteiger partial charge on any atom is -0.407 e. The molecule has 5 aromatic heterocycles. The minimum atomic E-state index is -3.98. The number of ether oxygens (including phenoxy) is 1. The topological polar surface area (TPSA) is 233 Å². The normalized spacial score (nSPS) is 33.2. The zero-order valence-electron chi connectivity index (χ0n) is 29.4. The summed E-state index contributed by atoms with van der Waals surface area (Å²) in [5, 5.41) is -0.257. The van der Waals surface area contributed by atoms with E-state index in [9.17, 15) is 14.6 Å². The molecule has 1 aliphatic carbocycles. The van der Waals surface area contributed by atoms with Crippen LogP contribution in [0.2, 0.25) is 18.1 Å². The van der Waals surface area contributed by atoms with E-state index in [0.29, 0.717) is 29.0 Å². The number of imidazole rings is 3. The molecule has 286 valence electrons. The first-order chi connectivity index (χ1) is 24.9. The summed E-state index contributed by atoms with van der Waals surface area (Å²) in [4.78, 5) is 60.9. The van der Waals surface area contributed by atoms with Gasteiger partial charge in [-0.25, -0.2) is 29.3 Å². The van der Waals surface area contributed by atoms with Crippen LogP contribution < -0.4 is 11.3 Å². The van der Waals surface area contributed by atoms with E-state index >= 15 is 0 Å². The summed E-state index contributed by atoms with van der Waals surface area (Å²) in [5.41, 5.74) is 7.15. The molecule has 0 bridgehead atoms. The third-order valence-corrected chi connectivity index (χ3v) is 18.4. The predicted octanol–water partition coefficient (Wildman–Crippen LogP) is 3.14. The smallest absolute Gasteiger partial charge is 0.324 e. The fourth-order valence-corrected chi connectivity index (χ4v) is 10.8. The van der Waals surface area contributed by atoms with Gasteiger partial charge in [0.2, 0.25) is 5.78 Å². The van der Waals surface area contributed by atoms with Gasteiger partial charge in [0.25, 0.3) is 5.56 Å². The number of H-pyrrole nitrogens is 1. The second-order valence-electron chi connectivity index (χ2n) is 15.0. The standard InChI is InChI=1S/C29H40N10O9P2S2Si/c1-29(2,3)53(4,5)48-22-21-18(46-27(22)39-14-35-20-25(39)36-28-31-6-7-37(28)26(20)40)11-45-49(41,51)44-10-16-15(9-43-50(42,52)47-21)8-17(16)38-13-34-19-23(30)32-12-33-24(19)38/h6-7,12-18,21-22,27H,8-11H2,1-5H3,(H,31,36)(H,41,51)(H,42,52)(H2,30,32,33)/t15-,16-,17-,18-,21-,22-,27-,49?,50?/m1/s1. The summed E-state index contributed by atoms with van der Waals surface area (Å²) in [6.07, 6.45) is 4.13. The zero-order chi connectivity index (χ0) is 37.7. The Morgan fingerprint density at radius 3 is 2.49 bits per heavy atom. The highest BCUT2D eigenvalue weighted by molar-refractivity contribution is 8.07. The third kappa shape index (κ3) is 6.74. The molecule has 0 amide bonds. The third-order valence-electron chi connectivity index (χ3n) is 10.8. The van der Waals surface area contributed by atoms with Crippen molar-refractivity contribution in [3.63, 3.8) is 0 Å². The van der Waals surface area contributed by atoms with Crippen LogP contribution in [0.1, 0.15) is 39.5 Å². The molecule has 5 aromatic rings. The van der Waals surface area contributed by atoms with E-state index in [0.717, 1.165) is 0 Å². The quantitative estimate of drug-likeness (QED) is 0.151. The molecule has 7 heterocycles. The molecular weight excluding hydrogens is 787 g/mol. The van der Waals surface area contributed by atoms with Crippen LogP contribution in [0.15, 0.2) is 36.2 Å². The lowest BCUT2D eigenvalue weighted by Gasteiger charge is -2.45. The number of nitrogens with two attached hydrogens (primary N) is 1. The molecule has 1 saturated carbocycles. The Kier molecular flexibility index (Phi) is 9.37. The van der Waals surface area contributed by atoms with Crippen molar-refractivity contribution in [1.82, 2.24) is 43.4 Å². The molecule has 8 rings (SSSR count). The van der Waals surface area contributed by atoms with E-state index in [-0.39, 0.29) is 59.6 Å². The number of hydrogen-bond donors (Lipinski definition) is 4. The van der Waals surface area contributed by atoms with E-state index in [1.165, 1.54) is 23.3 Å². The number of aromatic amines is 1. The molecule has 0 radical (unpaired) electrons. The van der Waals surface area contributed by atoms with E-state index in [4.69, 9.17) is 56.6 Å². The Hall–Kier alpha value is -2.56. The van der Waals surface area contributed by atoms with Crippen molar-refractivity contribution in [2.45, 2.75) is 75.9 Å². The highest BCUT2D eigenvalue weighted by Gasteiger charge is 2.54. The van der Waals surface area contributed by atoms with Crippen LogP contribution in [0.25, 0.3) is 28.1 Å². The van der Waals surface area contributed by atoms with Gasteiger partial charge in [-0.2, -0.15) is 0 Å². The lowest BCUT2D eigenvalue weighted by Crippen LogP contribution is -2.49. The van der Waals surface area contributed by atoms with Gasteiger partial charge in [0, 0.05) is 24.4 Å². The number of fused-ring (bicyclic) bond motifs is 5. The Morgan fingerprint density at radius 1 is 1.00 bits per heavy atom. The van der Waals surface area contributed by atoms with Crippen molar-refractivity contribution < 1.29 is 37.0 Å². The first-order valence-electron chi connectivity index (χ1n) is 16.9. The lowest BCUT2D eigenvalue weighted by atomic mass is 9.70. The number of aromatic nitrogens is 9. The summed E-state index contributed by atoms with van der Waals surface area (Å²) in [6, 6.07) is -0.175. The van der Waals surface area contributed by atoms with Gasteiger partial charge in [0.1, 0.15) is 35.8 Å². The summed E-state index contributed by atoms with van der Waals surface area (Å²) < 4.78 is 42.8. The van der Waals surface area contributed by atoms with Crippen molar-refractivity contribution in [3.8, 4) is 0 Å². The van der Waals surface area contributed by atoms with Crippen LogP contribution >= 0.6 is 13.4 Å². The number of nitrogen functional groups attached to an aromatic ring is 1. The summed E-state index contributed by atoms with van der Waals surface area (Å²) >= 11 is 11.1. The van der Waals surface area contributed by atoms with E-state index < -0.39 is 46.3 Å². The fourth-order valence-electron chi connectivity index (χ4n) is 6.86. The molecule has 53 heavy (non-hydrogen) atoms. The van der Waals surface area contributed by atoms with Gasteiger partial charge in [-0.1, -0.05) is 20.8 Å². The van der Waals surface area contributed by atoms with Gasteiger partial charge in [0.05, 0.1) is 32.5 Å². The lowest BCUT2D eigenvalue weighted by molar-refractivity contribution is -0.0478. The van der Waals surface area contributed by atoms with Gasteiger partial charge in [-0.15, -0.1) is 0 Å². The highest BCUT2D eigenvalue weighted by atomic mass is 32.5. The number of hydrogen-bond acceptors (Lipinski definition) is 15. The van der Waals surface area contributed by atoms with Crippen molar-refractivity contribution in [2.24, 2.45) is 11.8 Å². The molecule has 3 aliphatic rings. The van der Waals surface area contributed by atoms with Crippen molar-refractivity contribution >= 4 is 79.3 Å². The van der Waals surface area contributed by atoms with Gasteiger partial charge < -0.3 is 47.8 Å². The average Bonchev–Trinajstić information content (AvgIpc) is 3.86. The van der Waals surface area contributed by atoms with Crippen molar-refractivity contribution in [1.29, 1.82) is 0 Å². The largest absolute Gasteiger partial charge is 0.407 e. The molecule has 0 aromatic carbocycles. The Morgan fingerprint density at radius 2 is 1.72 bits per heavy atom. The molecular formula is C29H40N10O9P2S2Si. The molecule has 2 unspecified atom stereocenters. The first kappa shape index (κ1) is 37.4. The van der Waals surface area contributed by atoms with Crippen molar-refractivity contribution in [3.05, 3.63) is 41.7 Å². The summed E-state index contributed by atoms with van der Waals surface area (Å²) in [7, 11) is -2.61. The molecule has 5 N–H and O–H groups in total. The average molecular weight is 827 g/mol. The molecule has 0 spiro atoms. The van der Waals surface area contributed by atoms with Gasteiger partial charge in [-0.05, 0) is 54.1 Å². The monoisotopic (exact) mass is 826 g/mol. The van der Waals surface area contributed by atoms with E-state index in [1.807, 2.05) is 4.57 Å². The Labute approximate surface area is 313 Å². The van der Waals surface area contributed by atoms with E-state index in [1.54, 1.807) is 17.1 Å². The first-order valence-corrected chi connectivity index (χ1v) is 25.0. The van der Waals surface area contributed by atoms with Crippen molar-refractivity contribution in [2.75, 3.05) is 25.6 Å². The zero-order valence-corrected chi connectivity index (χ0v) is 33.8. The van der Waals surface area contributed by atoms with Crippen LogP contribution in [0.3, 0.4) is 0 Å².